The molecule has 0 nitrogen and oxygen atoms in total. The van der Waals surface area contributed by atoms with Gasteiger partial charge in [0.05, 0.1) is 0 Å². The zero-order valence-electron chi connectivity index (χ0n) is 13.4. The van der Waals surface area contributed by atoms with Crippen LogP contribution in [0.25, 0.3) is 0 Å². The van der Waals surface area contributed by atoms with Crippen molar-refractivity contribution in [2.75, 3.05) is 0 Å². The topological polar surface area (TPSA) is 0 Å². The van der Waals surface area contributed by atoms with Crippen molar-refractivity contribution < 1.29 is 0 Å². The molecule has 1 spiro atoms. The van der Waals surface area contributed by atoms with Gasteiger partial charge in [0.25, 0.3) is 0 Å². The largest absolute Gasteiger partial charge is 0.0838 e. The van der Waals surface area contributed by atoms with Crippen LogP contribution in [-0.4, -0.2) is 0 Å². The van der Waals surface area contributed by atoms with Gasteiger partial charge in [0, 0.05) is 10.8 Å². The minimum absolute atomic E-state index is 0.412. The first-order valence-electron chi connectivity index (χ1n) is 8.92. The first-order chi connectivity index (χ1) is 10.1. The highest BCUT2D eigenvalue weighted by atomic mass is 14.7. The predicted octanol–water partition coefficient (Wildman–Crippen LogP) is 5.73. The highest BCUT2D eigenvalue weighted by Crippen LogP contribution is 2.79. The van der Waals surface area contributed by atoms with E-state index >= 15 is 0 Å². The van der Waals surface area contributed by atoms with Crippen LogP contribution in [-0.2, 0) is 5.41 Å². The quantitative estimate of drug-likeness (QED) is 0.531. The molecular weight excluding hydrogens is 252 g/mol. The highest BCUT2D eigenvalue weighted by molar-refractivity contribution is 5.57. The summed E-state index contributed by atoms with van der Waals surface area (Å²) in [5, 5.41) is 0. The van der Waals surface area contributed by atoms with Crippen molar-refractivity contribution in [2.45, 2.75) is 70.1 Å². The molecule has 0 aromatic heterocycles. The Morgan fingerprint density at radius 3 is 2.81 bits per heavy atom. The van der Waals surface area contributed by atoms with E-state index in [1.165, 1.54) is 44.9 Å². The van der Waals surface area contributed by atoms with E-state index in [0.29, 0.717) is 16.2 Å². The fraction of sp³-hybridized carbons (Fsp3) is 0.619. The second-order valence-electron chi connectivity index (χ2n) is 8.58. The van der Waals surface area contributed by atoms with Gasteiger partial charge in [-0.25, -0.2) is 0 Å². The molecule has 4 aliphatic carbocycles. The Hall–Kier alpha value is -1.04. The molecule has 1 aromatic rings. The van der Waals surface area contributed by atoms with Gasteiger partial charge in [-0.1, -0.05) is 56.2 Å². The van der Waals surface area contributed by atoms with E-state index in [1.54, 1.807) is 11.1 Å². The maximum absolute atomic E-state index is 2.68. The zero-order chi connectivity index (χ0) is 14.3. The molecule has 21 heavy (non-hydrogen) atoms. The Bertz CT molecular complexity index is 650. The molecule has 0 amide bonds. The van der Waals surface area contributed by atoms with E-state index in [0.717, 1.165) is 5.92 Å². The normalized spacial score (nSPS) is 42.0. The summed E-state index contributed by atoms with van der Waals surface area (Å²) in [6.07, 6.45) is 12.5. The van der Waals surface area contributed by atoms with Crippen LogP contribution in [0.1, 0.15) is 75.8 Å². The Morgan fingerprint density at radius 2 is 1.90 bits per heavy atom. The van der Waals surface area contributed by atoms with Gasteiger partial charge in [0.15, 0.2) is 0 Å². The summed E-state index contributed by atoms with van der Waals surface area (Å²) < 4.78 is 0. The summed E-state index contributed by atoms with van der Waals surface area (Å²) in [6.45, 7) is 5.14. The van der Waals surface area contributed by atoms with E-state index in [9.17, 15) is 0 Å². The summed E-state index contributed by atoms with van der Waals surface area (Å²) in [7, 11) is 0. The Balaban J connectivity index is 1.88. The average Bonchev–Trinajstić information content (AvgIpc) is 2.96. The van der Waals surface area contributed by atoms with Crippen molar-refractivity contribution in [1.29, 1.82) is 0 Å². The van der Waals surface area contributed by atoms with Crippen LogP contribution in [0.4, 0.5) is 0 Å². The first kappa shape index (κ1) is 12.5. The maximum Gasteiger partial charge on any atom is 0.0141 e. The zero-order valence-corrected chi connectivity index (χ0v) is 13.4. The molecule has 0 heterocycles. The number of allylic oxidation sites excluding steroid dienone is 2. The SMILES string of the molecule is CC1(C)CCC[C@@]23C4=CCC12c1ccccc1[C@@H]3CCC4. The minimum atomic E-state index is 0.412. The number of fused-ring (bicyclic) bond motifs is 2. The standard InChI is InChI=1S/C21H26/c1-19(2)12-6-13-20-15-7-5-10-17(20)16-8-3-4-9-18(16)21(19,20)14-11-15/h3-4,8-9,11,17H,5-7,10,12-14H2,1-2H3/t17-,20-,21?/m0/s1. The third-order valence-electron chi connectivity index (χ3n) is 7.85. The fourth-order valence-electron chi connectivity index (χ4n) is 7.28. The molecular formula is C21H26. The molecule has 0 radical (unpaired) electrons. The molecule has 1 aromatic carbocycles. The molecule has 5 rings (SSSR count). The maximum atomic E-state index is 2.68. The first-order valence-corrected chi connectivity index (χ1v) is 8.92. The Morgan fingerprint density at radius 1 is 1.05 bits per heavy atom. The van der Waals surface area contributed by atoms with Gasteiger partial charge in [0.2, 0.25) is 0 Å². The van der Waals surface area contributed by atoms with Gasteiger partial charge in [-0.2, -0.15) is 0 Å². The lowest BCUT2D eigenvalue weighted by Gasteiger charge is -2.60. The van der Waals surface area contributed by atoms with Crippen LogP contribution in [0, 0.1) is 10.8 Å². The third-order valence-corrected chi connectivity index (χ3v) is 7.85. The summed E-state index contributed by atoms with van der Waals surface area (Å²) in [5.74, 6) is 0.816. The molecule has 2 fully saturated rings. The predicted molar refractivity (Wildman–Crippen MR) is 87.5 cm³/mol. The smallest absolute Gasteiger partial charge is 0.0141 e. The van der Waals surface area contributed by atoms with Gasteiger partial charge < -0.3 is 0 Å². The lowest BCUT2D eigenvalue weighted by molar-refractivity contribution is -0.0207. The number of rotatable bonds is 0. The van der Waals surface area contributed by atoms with Gasteiger partial charge in [-0.15, -0.1) is 0 Å². The molecule has 0 aliphatic heterocycles. The highest BCUT2D eigenvalue weighted by Gasteiger charge is 2.71. The van der Waals surface area contributed by atoms with Crippen molar-refractivity contribution in [3.05, 3.63) is 47.0 Å². The van der Waals surface area contributed by atoms with Crippen molar-refractivity contribution in [2.24, 2.45) is 10.8 Å². The van der Waals surface area contributed by atoms with Crippen LogP contribution in [0.5, 0.6) is 0 Å². The summed E-state index contributed by atoms with van der Waals surface area (Å²) in [6, 6.07) is 9.52. The van der Waals surface area contributed by atoms with Crippen LogP contribution < -0.4 is 0 Å². The van der Waals surface area contributed by atoms with Crippen LogP contribution >= 0.6 is 0 Å². The lowest BCUT2D eigenvalue weighted by Crippen LogP contribution is -2.55. The van der Waals surface area contributed by atoms with Crippen LogP contribution in [0.3, 0.4) is 0 Å². The Kier molecular flexibility index (Phi) is 2.17. The van der Waals surface area contributed by atoms with E-state index in [2.05, 4.69) is 44.2 Å². The lowest BCUT2D eigenvalue weighted by atomic mass is 9.43. The number of benzene rings is 1. The fourth-order valence-corrected chi connectivity index (χ4v) is 7.28. The summed E-state index contributed by atoms with van der Waals surface area (Å²) >= 11 is 0. The third kappa shape index (κ3) is 1.11. The molecule has 110 valence electrons. The van der Waals surface area contributed by atoms with Crippen LogP contribution in [0.15, 0.2) is 35.9 Å². The van der Waals surface area contributed by atoms with Crippen molar-refractivity contribution in [1.82, 2.24) is 0 Å². The number of hydrogen-bond donors (Lipinski definition) is 0. The second-order valence-corrected chi connectivity index (χ2v) is 8.58. The summed E-state index contributed by atoms with van der Waals surface area (Å²) in [4.78, 5) is 0. The van der Waals surface area contributed by atoms with E-state index < -0.39 is 0 Å². The van der Waals surface area contributed by atoms with Crippen LogP contribution in [0.2, 0.25) is 0 Å². The monoisotopic (exact) mass is 278 g/mol. The molecule has 0 bridgehead atoms. The van der Waals surface area contributed by atoms with Crippen molar-refractivity contribution in [3.8, 4) is 0 Å². The summed E-state index contributed by atoms with van der Waals surface area (Å²) in [5.41, 5.74) is 6.64. The molecule has 1 unspecified atom stereocenters. The minimum Gasteiger partial charge on any atom is -0.0838 e. The van der Waals surface area contributed by atoms with E-state index in [4.69, 9.17) is 0 Å². The molecule has 3 atom stereocenters. The van der Waals surface area contributed by atoms with Crippen molar-refractivity contribution >= 4 is 0 Å². The van der Waals surface area contributed by atoms with Gasteiger partial charge in [-0.3, -0.25) is 0 Å². The van der Waals surface area contributed by atoms with Gasteiger partial charge in [0.1, 0.15) is 0 Å². The van der Waals surface area contributed by atoms with Gasteiger partial charge in [-0.05, 0) is 61.0 Å². The van der Waals surface area contributed by atoms with Gasteiger partial charge >= 0.3 is 0 Å². The number of hydrogen-bond acceptors (Lipinski definition) is 0. The molecule has 4 aliphatic rings. The molecule has 0 saturated heterocycles. The Labute approximate surface area is 128 Å². The van der Waals surface area contributed by atoms with Crippen molar-refractivity contribution in [3.63, 3.8) is 0 Å². The average molecular weight is 278 g/mol. The second kappa shape index (κ2) is 3.65. The van der Waals surface area contributed by atoms with E-state index in [-0.39, 0.29) is 0 Å². The molecule has 0 N–H and O–H groups in total. The molecule has 2 saturated carbocycles. The molecule has 0 heteroatoms. The van der Waals surface area contributed by atoms with E-state index in [1.807, 2.05) is 5.57 Å².